The molecule has 2 unspecified atom stereocenters. The Morgan fingerprint density at radius 2 is 2.27 bits per heavy atom. The molecule has 0 amide bonds. The molecule has 86 valence electrons. The SMILES string of the molecule is [B][C@H]1CC(NP(=O)(O)OC)[C@@H](C(C)C)O1. The predicted molar refractivity (Wildman–Crippen MR) is 57.6 cm³/mol. The second kappa shape index (κ2) is 4.98. The molecule has 5 nitrogen and oxygen atoms in total. The van der Waals surface area contributed by atoms with Gasteiger partial charge in [-0.05, 0) is 12.3 Å². The van der Waals surface area contributed by atoms with Crippen LogP contribution in [0.4, 0.5) is 0 Å². The molecule has 2 N–H and O–H groups in total. The van der Waals surface area contributed by atoms with Gasteiger partial charge >= 0.3 is 7.75 Å². The van der Waals surface area contributed by atoms with Crippen molar-refractivity contribution >= 4 is 15.6 Å². The zero-order valence-electron chi connectivity index (χ0n) is 9.21. The zero-order valence-corrected chi connectivity index (χ0v) is 10.1. The molecular weight excluding hydrogens is 216 g/mol. The van der Waals surface area contributed by atoms with Gasteiger partial charge in [0.2, 0.25) is 0 Å². The molecule has 1 fully saturated rings. The maximum Gasteiger partial charge on any atom is 0.403 e. The first-order valence-electron chi connectivity index (χ1n) is 4.93. The van der Waals surface area contributed by atoms with Gasteiger partial charge in [0.1, 0.15) is 7.85 Å². The van der Waals surface area contributed by atoms with E-state index in [0.717, 1.165) is 0 Å². The minimum Gasteiger partial charge on any atom is -0.383 e. The van der Waals surface area contributed by atoms with Crippen molar-refractivity contribution in [3.63, 3.8) is 0 Å². The Bertz CT molecular complexity index is 263. The summed E-state index contributed by atoms with van der Waals surface area (Å²) in [7, 11) is 3.12. The summed E-state index contributed by atoms with van der Waals surface area (Å²) in [6, 6.07) is -0.623. The molecule has 0 saturated carbocycles. The lowest BCUT2D eigenvalue weighted by Gasteiger charge is -2.24. The predicted octanol–water partition coefficient (Wildman–Crippen LogP) is 0.631. The van der Waals surface area contributed by atoms with Crippen molar-refractivity contribution in [1.82, 2.24) is 5.09 Å². The molecule has 2 radical (unpaired) electrons. The minimum absolute atomic E-state index is 0.157. The summed E-state index contributed by atoms with van der Waals surface area (Å²) in [4.78, 5) is 9.30. The van der Waals surface area contributed by atoms with Crippen LogP contribution in [0.15, 0.2) is 0 Å². The van der Waals surface area contributed by atoms with Crippen molar-refractivity contribution in [2.24, 2.45) is 5.92 Å². The Morgan fingerprint density at radius 3 is 2.73 bits per heavy atom. The van der Waals surface area contributed by atoms with Crippen LogP contribution < -0.4 is 5.09 Å². The lowest BCUT2D eigenvalue weighted by atomic mass is 9.93. The Morgan fingerprint density at radius 1 is 1.67 bits per heavy atom. The molecule has 0 bridgehead atoms. The van der Waals surface area contributed by atoms with Crippen molar-refractivity contribution in [1.29, 1.82) is 0 Å². The lowest BCUT2D eigenvalue weighted by molar-refractivity contribution is 0.0473. The molecule has 1 aliphatic rings. The molecule has 7 heteroatoms. The summed E-state index contributed by atoms with van der Waals surface area (Å²) in [6.45, 7) is 3.96. The van der Waals surface area contributed by atoms with Gasteiger partial charge in [-0.3, -0.25) is 0 Å². The molecule has 0 aromatic carbocycles. The van der Waals surface area contributed by atoms with Gasteiger partial charge in [-0.15, -0.1) is 0 Å². The summed E-state index contributed by atoms with van der Waals surface area (Å²) in [5.41, 5.74) is 0. The first kappa shape index (κ1) is 13.2. The third-order valence-electron chi connectivity index (χ3n) is 2.45. The average Bonchev–Trinajstić information content (AvgIpc) is 2.46. The third-order valence-corrected chi connectivity index (χ3v) is 3.60. The molecule has 1 aliphatic heterocycles. The Labute approximate surface area is 91.5 Å². The molecule has 0 aliphatic carbocycles. The van der Waals surface area contributed by atoms with Crippen LogP contribution in [0.25, 0.3) is 0 Å². The van der Waals surface area contributed by atoms with Crippen LogP contribution in [0.3, 0.4) is 0 Å². The molecule has 0 spiro atoms. The first-order valence-corrected chi connectivity index (χ1v) is 6.51. The maximum absolute atomic E-state index is 11.3. The highest BCUT2D eigenvalue weighted by atomic mass is 31.2. The van der Waals surface area contributed by atoms with E-state index < -0.39 is 7.75 Å². The monoisotopic (exact) mass is 233 g/mol. The molecular formula is C8H17BNO4P. The molecule has 15 heavy (non-hydrogen) atoms. The second-order valence-corrected chi connectivity index (χ2v) is 5.72. The van der Waals surface area contributed by atoms with Gasteiger partial charge in [-0.1, -0.05) is 13.8 Å². The van der Waals surface area contributed by atoms with Gasteiger partial charge in [0.15, 0.2) is 0 Å². The zero-order chi connectivity index (χ0) is 11.6. The molecule has 1 rings (SSSR count). The van der Waals surface area contributed by atoms with E-state index in [2.05, 4.69) is 9.61 Å². The second-order valence-electron chi connectivity index (χ2n) is 4.06. The molecule has 0 aromatic heterocycles. The van der Waals surface area contributed by atoms with Crippen molar-refractivity contribution in [2.75, 3.05) is 7.11 Å². The fraction of sp³-hybridized carbons (Fsp3) is 1.00. The third kappa shape index (κ3) is 3.57. The normalized spacial score (nSPS) is 35.7. The van der Waals surface area contributed by atoms with Crippen molar-refractivity contribution in [2.45, 2.75) is 38.4 Å². The van der Waals surface area contributed by atoms with Crippen LogP contribution in [0, 0.1) is 5.92 Å². The van der Waals surface area contributed by atoms with Gasteiger partial charge in [-0.25, -0.2) is 9.65 Å². The van der Waals surface area contributed by atoms with Crippen molar-refractivity contribution < 1.29 is 18.7 Å². The van der Waals surface area contributed by atoms with Crippen LogP contribution in [0.5, 0.6) is 0 Å². The molecule has 0 aromatic rings. The quantitative estimate of drug-likeness (QED) is 0.550. The number of hydrogen-bond acceptors (Lipinski definition) is 3. The smallest absolute Gasteiger partial charge is 0.383 e. The Kier molecular flexibility index (Phi) is 4.38. The number of ether oxygens (including phenoxy) is 1. The van der Waals surface area contributed by atoms with Crippen LogP contribution in [0.2, 0.25) is 0 Å². The van der Waals surface area contributed by atoms with E-state index in [1.165, 1.54) is 7.11 Å². The van der Waals surface area contributed by atoms with E-state index in [1.807, 2.05) is 13.8 Å². The highest BCUT2D eigenvalue weighted by molar-refractivity contribution is 7.50. The van der Waals surface area contributed by atoms with Gasteiger partial charge in [0.05, 0.1) is 6.10 Å². The lowest BCUT2D eigenvalue weighted by Crippen LogP contribution is -2.37. The van der Waals surface area contributed by atoms with Crippen molar-refractivity contribution in [3.8, 4) is 0 Å². The maximum atomic E-state index is 11.3. The largest absolute Gasteiger partial charge is 0.403 e. The van der Waals surface area contributed by atoms with E-state index in [9.17, 15) is 9.46 Å². The number of nitrogens with one attached hydrogen (secondary N) is 1. The van der Waals surface area contributed by atoms with E-state index >= 15 is 0 Å². The van der Waals surface area contributed by atoms with Gasteiger partial charge in [-0.2, -0.15) is 0 Å². The molecule has 1 heterocycles. The summed E-state index contributed by atoms with van der Waals surface area (Å²) in [5.74, 6) is 0.230. The van der Waals surface area contributed by atoms with E-state index in [1.54, 1.807) is 0 Å². The van der Waals surface area contributed by atoms with Crippen LogP contribution >= 0.6 is 7.75 Å². The fourth-order valence-electron chi connectivity index (χ4n) is 1.75. The van der Waals surface area contributed by atoms with Crippen LogP contribution in [-0.4, -0.2) is 38.0 Å². The van der Waals surface area contributed by atoms with E-state index in [0.29, 0.717) is 6.42 Å². The van der Waals surface area contributed by atoms with Gasteiger partial charge < -0.3 is 14.2 Å². The summed E-state index contributed by atoms with van der Waals surface area (Å²) < 4.78 is 21.3. The molecule has 1 saturated heterocycles. The summed E-state index contributed by atoms with van der Waals surface area (Å²) in [5, 5.41) is 2.55. The fourth-order valence-corrected chi connectivity index (χ4v) is 2.52. The molecule has 4 atom stereocenters. The minimum atomic E-state index is -3.71. The van der Waals surface area contributed by atoms with Crippen molar-refractivity contribution in [3.05, 3.63) is 0 Å². The highest BCUT2D eigenvalue weighted by Crippen LogP contribution is 2.39. The summed E-state index contributed by atoms with van der Waals surface area (Å²) in [6.07, 6.45) is 0.354. The first-order chi connectivity index (χ1) is 6.85. The Hall–Kier alpha value is 0.135. The van der Waals surface area contributed by atoms with E-state index in [-0.39, 0.29) is 24.1 Å². The highest BCUT2D eigenvalue weighted by Gasteiger charge is 2.38. The number of rotatable bonds is 4. The standard InChI is InChI=1S/C8H17BNO4P/c1-5(2)8-6(4-7(9)14-8)10-15(11,12)13-3/h5-8H,4H2,1-3H3,(H2,10,11,12)/t6?,7-,8-/m1/s1. The topological polar surface area (TPSA) is 67.8 Å². The Balaban J connectivity index is 2.64. The van der Waals surface area contributed by atoms with Gasteiger partial charge in [0, 0.05) is 19.2 Å². The summed E-state index contributed by atoms with van der Waals surface area (Å²) >= 11 is 0. The van der Waals surface area contributed by atoms with Gasteiger partial charge in [0.25, 0.3) is 0 Å². The average molecular weight is 233 g/mol. The number of hydrogen-bond donors (Lipinski definition) is 2. The van der Waals surface area contributed by atoms with Crippen LogP contribution in [0.1, 0.15) is 20.3 Å². The van der Waals surface area contributed by atoms with E-state index in [4.69, 9.17) is 12.6 Å². The van der Waals surface area contributed by atoms with Crippen LogP contribution in [-0.2, 0) is 13.8 Å².